The SMILES string of the molecule is CC(C)C[C@H](N)[C@@H](O)CC(C(=O)NC(=O)[C@]1(C)C(=O)[C@@H](OC(=O)COc2ccccc2)CC(=O)C1C)C(C)C. The largest absolute Gasteiger partial charge is 0.482 e. The molecule has 10 nitrogen and oxygen atoms in total. The summed E-state index contributed by atoms with van der Waals surface area (Å²) in [5, 5.41) is 12.9. The first-order valence-corrected chi connectivity index (χ1v) is 13.4. The highest BCUT2D eigenvalue weighted by molar-refractivity contribution is 6.17. The molecule has 1 aliphatic carbocycles. The number of rotatable bonds is 12. The van der Waals surface area contributed by atoms with Crippen LogP contribution in [0.25, 0.3) is 0 Å². The Bertz CT molecular complexity index is 1040. The molecule has 0 saturated heterocycles. The van der Waals surface area contributed by atoms with Crippen LogP contribution in [0.15, 0.2) is 30.3 Å². The molecule has 1 aliphatic rings. The molecule has 2 rings (SSSR count). The Kier molecular flexibility index (Phi) is 11.4. The fourth-order valence-corrected chi connectivity index (χ4v) is 4.73. The second-order valence-corrected chi connectivity index (χ2v) is 11.3. The Morgan fingerprint density at radius 3 is 2.28 bits per heavy atom. The number of Topliss-reactive ketones (excluding diaryl/α,β-unsaturated/α-hetero) is 2. The van der Waals surface area contributed by atoms with Crippen LogP contribution in [0.3, 0.4) is 0 Å². The van der Waals surface area contributed by atoms with Crippen LogP contribution in [0.1, 0.15) is 60.8 Å². The maximum atomic E-state index is 13.4. The van der Waals surface area contributed by atoms with Crippen molar-refractivity contribution in [3.8, 4) is 5.75 Å². The van der Waals surface area contributed by atoms with Crippen molar-refractivity contribution in [2.45, 2.75) is 79.1 Å². The molecule has 39 heavy (non-hydrogen) atoms. The fourth-order valence-electron chi connectivity index (χ4n) is 4.73. The van der Waals surface area contributed by atoms with Crippen molar-refractivity contribution in [2.75, 3.05) is 6.61 Å². The van der Waals surface area contributed by atoms with Gasteiger partial charge in [-0.3, -0.25) is 24.5 Å². The quantitative estimate of drug-likeness (QED) is 0.263. The van der Waals surface area contributed by atoms with Gasteiger partial charge in [0.2, 0.25) is 11.8 Å². The van der Waals surface area contributed by atoms with Crippen LogP contribution in [0.4, 0.5) is 0 Å². The highest BCUT2D eigenvalue weighted by Gasteiger charge is 2.56. The van der Waals surface area contributed by atoms with Gasteiger partial charge in [0.05, 0.1) is 12.5 Å². The Balaban J connectivity index is 2.12. The van der Waals surface area contributed by atoms with E-state index in [0.717, 1.165) is 0 Å². The summed E-state index contributed by atoms with van der Waals surface area (Å²) in [5.41, 5.74) is 4.15. The van der Waals surface area contributed by atoms with E-state index in [0.29, 0.717) is 12.2 Å². The van der Waals surface area contributed by atoms with Crippen molar-refractivity contribution in [3.63, 3.8) is 0 Å². The summed E-state index contributed by atoms with van der Waals surface area (Å²) >= 11 is 0. The topological polar surface area (TPSA) is 162 Å². The number of ketones is 2. The molecule has 0 aliphatic heterocycles. The van der Waals surface area contributed by atoms with Crippen molar-refractivity contribution in [1.29, 1.82) is 0 Å². The van der Waals surface area contributed by atoms with E-state index in [1.165, 1.54) is 13.8 Å². The van der Waals surface area contributed by atoms with Gasteiger partial charge in [0.15, 0.2) is 18.5 Å². The summed E-state index contributed by atoms with van der Waals surface area (Å²) in [7, 11) is 0. The molecular formula is C29H42N2O8. The lowest BCUT2D eigenvalue weighted by molar-refractivity contribution is -0.171. The first-order valence-electron chi connectivity index (χ1n) is 13.4. The molecule has 2 amide bonds. The van der Waals surface area contributed by atoms with Crippen LogP contribution < -0.4 is 15.8 Å². The fraction of sp³-hybridized carbons (Fsp3) is 0.621. The van der Waals surface area contributed by atoms with Gasteiger partial charge in [-0.1, -0.05) is 52.8 Å². The average Bonchev–Trinajstić information content (AvgIpc) is 2.87. The van der Waals surface area contributed by atoms with E-state index in [1.807, 2.05) is 13.8 Å². The van der Waals surface area contributed by atoms with E-state index in [4.69, 9.17) is 15.2 Å². The molecule has 2 unspecified atom stereocenters. The minimum absolute atomic E-state index is 0.0332. The molecule has 216 valence electrons. The van der Waals surface area contributed by atoms with Crippen LogP contribution in [0, 0.1) is 29.1 Å². The number of carbonyl (C=O) groups is 5. The van der Waals surface area contributed by atoms with Gasteiger partial charge in [-0.25, -0.2) is 4.79 Å². The highest BCUT2D eigenvalue weighted by atomic mass is 16.6. The van der Waals surface area contributed by atoms with E-state index in [9.17, 15) is 29.1 Å². The lowest BCUT2D eigenvalue weighted by atomic mass is 9.65. The van der Waals surface area contributed by atoms with Crippen molar-refractivity contribution < 1.29 is 38.6 Å². The number of hydrogen-bond acceptors (Lipinski definition) is 9. The minimum Gasteiger partial charge on any atom is -0.482 e. The molecule has 1 saturated carbocycles. The predicted molar refractivity (Wildman–Crippen MR) is 143 cm³/mol. The highest BCUT2D eigenvalue weighted by Crippen LogP contribution is 2.38. The van der Waals surface area contributed by atoms with Crippen LogP contribution in [0.5, 0.6) is 5.75 Å². The number of nitrogens with one attached hydrogen (secondary N) is 1. The Morgan fingerprint density at radius 1 is 1.10 bits per heavy atom. The maximum Gasteiger partial charge on any atom is 0.344 e. The van der Waals surface area contributed by atoms with Crippen molar-refractivity contribution in [2.24, 2.45) is 34.8 Å². The van der Waals surface area contributed by atoms with Gasteiger partial charge >= 0.3 is 5.97 Å². The van der Waals surface area contributed by atoms with Crippen LogP contribution >= 0.6 is 0 Å². The van der Waals surface area contributed by atoms with Gasteiger partial charge in [-0.2, -0.15) is 0 Å². The number of aliphatic hydroxyl groups is 1. The van der Waals surface area contributed by atoms with Gasteiger partial charge in [-0.15, -0.1) is 0 Å². The van der Waals surface area contributed by atoms with Gasteiger partial charge < -0.3 is 20.3 Å². The van der Waals surface area contributed by atoms with Crippen molar-refractivity contribution in [3.05, 3.63) is 30.3 Å². The third kappa shape index (κ3) is 8.19. The van der Waals surface area contributed by atoms with E-state index in [-0.39, 0.29) is 24.7 Å². The van der Waals surface area contributed by atoms with E-state index in [2.05, 4.69) is 5.32 Å². The zero-order valence-corrected chi connectivity index (χ0v) is 23.6. The van der Waals surface area contributed by atoms with Crippen LogP contribution in [0.2, 0.25) is 0 Å². The van der Waals surface area contributed by atoms with Crippen LogP contribution in [-0.2, 0) is 28.7 Å². The zero-order chi connectivity index (χ0) is 29.5. The molecule has 4 N–H and O–H groups in total. The molecule has 0 heterocycles. The summed E-state index contributed by atoms with van der Waals surface area (Å²) in [6.07, 6.45) is -2.22. The molecule has 0 radical (unpaired) electrons. The number of para-hydroxylation sites is 1. The summed E-state index contributed by atoms with van der Waals surface area (Å²) in [4.78, 5) is 65.1. The number of amides is 2. The van der Waals surface area contributed by atoms with Crippen molar-refractivity contribution in [1.82, 2.24) is 5.32 Å². The molecule has 1 fully saturated rings. The van der Waals surface area contributed by atoms with Crippen LogP contribution in [-0.4, -0.2) is 59.3 Å². The van der Waals surface area contributed by atoms with E-state index < -0.39 is 71.5 Å². The number of ether oxygens (including phenoxy) is 2. The normalized spacial score (nSPS) is 23.7. The Labute approximate surface area is 230 Å². The summed E-state index contributed by atoms with van der Waals surface area (Å²) in [6.45, 7) is 9.74. The number of esters is 1. The number of imide groups is 1. The van der Waals surface area contributed by atoms with E-state index >= 15 is 0 Å². The molecule has 10 heteroatoms. The van der Waals surface area contributed by atoms with Crippen molar-refractivity contribution >= 4 is 29.4 Å². The first-order chi connectivity index (χ1) is 18.2. The number of nitrogens with two attached hydrogens (primary N) is 1. The van der Waals surface area contributed by atoms with E-state index in [1.54, 1.807) is 44.2 Å². The Morgan fingerprint density at radius 2 is 1.72 bits per heavy atom. The van der Waals surface area contributed by atoms with Gasteiger partial charge in [-0.05, 0) is 43.7 Å². The van der Waals surface area contributed by atoms with Gasteiger partial charge in [0.25, 0.3) is 0 Å². The number of hydrogen-bond donors (Lipinski definition) is 3. The lowest BCUT2D eigenvalue weighted by Gasteiger charge is -2.39. The minimum atomic E-state index is -1.94. The summed E-state index contributed by atoms with van der Waals surface area (Å²) < 4.78 is 10.6. The predicted octanol–water partition coefficient (Wildman–Crippen LogP) is 2.20. The zero-order valence-electron chi connectivity index (χ0n) is 23.6. The number of benzene rings is 1. The second-order valence-electron chi connectivity index (χ2n) is 11.3. The third-order valence-electron chi connectivity index (χ3n) is 7.50. The second kappa shape index (κ2) is 13.8. The molecule has 6 atom stereocenters. The Hall–Kier alpha value is -3.11. The smallest absolute Gasteiger partial charge is 0.344 e. The summed E-state index contributed by atoms with van der Waals surface area (Å²) in [6, 6.07) is 7.98. The summed E-state index contributed by atoms with van der Waals surface area (Å²) in [5.74, 6) is -5.09. The monoisotopic (exact) mass is 546 g/mol. The standard InChI is InChI=1S/C29H42N2O8/c1-16(2)12-21(30)23(33)13-20(17(3)4)27(36)31-28(37)29(6)18(5)22(32)14-24(26(29)35)39-25(34)15-38-19-10-8-7-9-11-19/h7-11,16-18,20-21,23-24,33H,12-15,30H2,1-6H3,(H,31,36,37)/t18?,20?,21-,23-,24-,29-/m0/s1. The van der Waals surface area contributed by atoms with Gasteiger partial charge in [0, 0.05) is 17.9 Å². The van der Waals surface area contributed by atoms with Gasteiger partial charge in [0.1, 0.15) is 16.9 Å². The first kappa shape index (κ1) is 32.1. The lowest BCUT2D eigenvalue weighted by Crippen LogP contribution is -2.60. The molecule has 1 aromatic carbocycles. The molecule has 1 aromatic rings. The average molecular weight is 547 g/mol. The number of aliphatic hydroxyl groups excluding tert-OH is 1. The number of carbonyl (C=O) groups excluding carboxylic acids is 5. The maximum absolute atomic E-state index is 13.4. The molecule has 0 spiro atoms. The molecule has 0 aromatic heterocycles. The third-order valence-corrected chi connectivity index (χ3v) is 7.50. The molecule has 0 bridgehead atoms. The molecular weight excluding hydrogens is 504 g/mol.